The number of rotatable bonds is 5. The van der Waals surface area contributed by atoms with Crippen molar-refractivity contribution < 1.29 is 9.47 Å². The number of halogens is 1. The van der Waals surface area contributed by atoms with Crippen LogP contribution in [-0.2, 0) is 11.2 Å². The van der Waals surface area contributed by atoms with Gasteiger partial charge in [0.15, 0.2) is 0 Å². The molecule has 1 aromatic rings. The summed E-state index contributed by atoms with van der Waals surface area (Å²) in [6.45, 7) is 3.26. The summed E-state index contributed by atoms with van der Waals surface area (Å²) in [6.07, 6.45) is 3.33. The highest BCUT2D eigenvalue weighted by atomic mass is 35.5. The van der Waals surface area contributed by atoms with Crippen molar-refractivity contribution in [3.05, 3.63) is 28.8 Å². The monoisotopic (exact) mass is 269 g/mol. The first-order valence-electron chi connectivity index (χ1n) is 6.49. The van der Waals surface area contributed by atoms with E-state index in [1.54, 1.807) is 0 Å². The Morgan fingerprint density at radius 2 is 2.17 bits per heavy atom. The molecule has 18 heavy (non-hydrogen) atoms. The van der Waals surface area contributed by atoms with Gasteiger partial charge in [0.1, 0.15) is 12.4 Å². The molecular formula is C14H20ClNO2. The van der Waals surface area contributed by atoms with Crippen LogP contribution in [0.3, 0.4) is 0 Å². The normalized spacial score (nSPS) is 23.3. The Morgan fingerprint density at radius 3 is 2.83 bits per heavy atom. The Hall–Kier alpha value is -0.770. The van der Waals surface area contributed by atoms with Gasteiger partial charge in [-0.05, 0) is 43.0 Å². The van der Waals surface area contributed by atoms with Crippen molar-refractivity contribution in [2.24, 2.45) is 5.73 Å². The molecular weight excluding hydrogens is 250 g/mol. The van der Waals surface area contributed by atoms with Crippen LogP contribution in [0.4, 0.5) is 0 Å². The van der Waals surface area contributed by atoms with E-state index in [1.165, 1.54) is 0 Å². The Balaban J connectivity index is 1.87. The van der Waals surface area contributed by atoms with Crippen molar-refractivity contribution in [1.29, 1.82) is 0 Å². The molecule has 0 saturated carbocycles. The van der Waals surface area contributed by atoms with E-state index in [2.05, 4.69) is 6.92 Å². The number of ether oxygens (including phenoxy) is 2. The number of hydrogen-bond acceptors (Lipinski definition) is 3. The summed E-state index contributed by atoms with van der Waals surface area (Å²) in [4.78, 5) is 0. The lowest BCUT2D eigenvalue weighted by atomic mass is 10.1. The van der Waals surface area contributed by atoms with Gasteiger partial charge < -0.3 is 15.2 Å². The van der Waals surface area contributed by atoms with Gasteiger partial charge in [-0.1, -0.05) is 18.5 Å². The first-order valence-corrected chi connectivity index (χ1v) is 6.87. The van der Waals surface area contributed by atoms with Gasteiger partial charge in [-0.3, -0.25) is 0 Å². The molecule has 1 heterocycles. The first-order chi connectivity index (χ1) is 8.72. The van der Waals surface area contributed by atoms with E-state index in [4.69, 9.17) is 26.8 Å². The molecule has 100 valence electrons. The minimum absolute atomic E-state index is 0.166. The van der Waals surface area contributed by atoms with Crippen LogP contribution in [0.5, 0.6) is 5.75 Å². The van der Waals surface area contributed by atoms with E-state index in [1.807, 2.05) is 18.2 Å². The van der Waals surface area contributed by atoms with Crippen LogP contribution in [0, 0.1) is 0 Å². The van der Waals surface area contributed by atoms with Gasteiger partial charge in [0.25, 0.3) is 0 Å². The zero-order valence-electron chi connectivity index (χ0n) is 10.7. The largest absolute Gasteiger partial charge is 0.491 e. The summed E-state index contributed by atoms with van der Waals surface area (Å²) >= 11 is 6.07. The van der Waals surface area contributed by atoms with Crippen molar-refractivity contribution in [1.82, 2.24) is 0 Å². The lowest BCUT2D eigenvalue weighted by molar-refractivity contribution is 0.0222. The molecule has 0 aliphatic carbocycles. The molecule has 0 amide bonds. The van der Waals surface area contributed by atoms with E-state index >= 15 is 0 Å². The summed E-state index contributed by atoms with van der Waals surface area (Å²) in [5.41, 5.74) is 6.69. The second-order valence-corrected chi connectivity index (χ2v) is 5.02. The quantitative estimate of drug-likeness (QED) is 0.894. The van der Waals surface area contributed by atoms with Crippen molar-refractivity contribution >= 4 is 11.6 Å². The molecule has 0 spiro atoms. The van der Waals surface area contributed by atoms with Crippen LogP contribution in [0.15, 0.2) is 18.2 Å². The molecule has 3 nitrogen and oxygen atoms in total. The molecule has 0 radical (unpaired) electrons. The highest BCUT2D eigenvalue weighted by Gasteiger charge is 2.24. The Morgan fingerprint density at radius 1 is 1.39 bits per heavy atom. The Kier molecular flexibility index (Phi) is 4.87. The fourth-order valence-electron chi connectivity index (χ4n) is 2.18. The molecule has 1 saturated heterocycles. The average molecular weight is 270 g/mol. The highest BCUT2D eigenvalue weighted by Crippen LogP contribution is 2.24. The van der Waals surface area contributed by atoms with Gasteiger partial charge in [-0.25, -0.2) is 0 Å². The van der Waals surface area contributed by atoms with E-state index in [9.17, 15) is 0 Å². The third-order valence-electron chi connectivity index (χ3n) is 3.29. The van der Waals surface area contributed by atoms with E-state index < -0.39 is 0 Å². The molecule has 2 atom stereocenters. The Labute approximate surface area is 113 Å². The molecule has 1 fully saturated rings. The predicted octanol–water partition coefficient (Wildman–Crippen LogP) is 2.79. The minimum atomic E-state index is 0.166. The predicted molar refractivity (Wildman–Crippen MR) is 73.3 cm³/mol. The molecule has 0 aromatic heterocycles. The number of hydrogen-bond donors (Lipinski definition) is 1. The molecule has 2 rings (SSSR count). The van der Waals surface area contributed by atoms with Crippen molar-refractivity contribution in [3.63, 3.8) is 0 Å². The SMILES string of the molecule is CCc1cc(OCC2CCC(CN)O2)ccc1Cl. The second-order valence-electron chi connectivity index (χ2n) is 4.61. The van der Waals surface area contributed by atoms with Crippen LogP contribution in [0.1, 0.15) is 25.3 Å². The molecule has 0 bridgehead atoms. The van der Waals surface area contributed by atoms with Crippen LogP contribution in [0.25, 0.3) is 0 Å². The third-order valence-corrected chi connectivity index (χ3v) is 3.66. The summed E-state index contributed by atoms with van der Waals surface area (Å²) in [5.74, 6) is 0.857. The first kappa shape index (κ1) is 13.7. The zero-order valence-corrected chi connectivity index (χ0v) is 11.5. The lowest BCUT2D eigenvalue weighted by Crippen LogP contribution is -2.23. The fraction of sp³-hybridized carbons (Fsp3) is 0.571. The maximum atomic E-state index is 6.07. The maximum Gasteiger partial charge on any atom is 0.119 e. The molecule has 4 heteroatoms. The second kappa shape index (κ2) is 6.41. The van der Waals surface area contributed by atoms with Gasteiger partial charge in [-0.15, -0.1) is 0 Å². The number of benzene rings is 1. The molecule has 1 aliphatic rings. The fourth-order valence-corrected chi connectivity index (χ4v) is 2.43. The van der Waals surface area contributed by atoms with Gasteiger partial charge in [0, 0.05) is 11.6 Å². The Bertz CT molecular complexity index is 397. The standard InChI is InChI=1S/C14H20ClNO2/c1-2-10-7-11(5-6-14(10)15)17-9-13-4-3-12(8-16)18-13/h5-7,12-13H,2-4,8-9,16H2,1H3. The minimum Gasteiger partial charge on any atom is -0.491 e. The van der Waals surface area contributed by atoms with Crippen LogP contribution < -0.4 is 10.5 Å². The molecule has 1 aliphatic heterocycles. The summed E-state index contributed by atoms with van der Waals surface area (Å²) < 4.78 is 11.5. The smallest absolute Gasteiger partial charge is 0.119 e. The van der Waals surface area contributed by atoms with Gasteiger partial charge >= 0.3 is 0 Å². The van der Waals surface area contributed by atoms with Gasteiger partial charge in [-0.2, -0.15) is 0 Å². The van der Waals surface area contributed by atoms with Gasteiger partial charge in [0.2, 0.25) is 0 Å². The highest BCUT2D eigenvalue weighted by molar-refractivity contribution is 6.31. The third kappa shape index (κ3) is 3.37. The van der Waals surface area contributed by atoms with Crippen LogP contribution in [0.2, 0.25) is 5.02 Å². The van der Waals surface area contributed by atoms with Crippen LogP contribution >= 0.6 is 11.6 Å². The molecule has 2 N–H and O–H groups in total. The van der Waals surface area contributed by atoms with E-state index in [0.717, 1.165) is 35.6 Å². The van der Waals surface area contributed by atoms with Crippen molar-refractivity contribution in [2.45, 2.75) is 38.4 Å². The summed E-state index contributed by atoms with van der Waals surface area (Å²) in [6, 6.07) is 5.78. The van der Waals surface area contributed by atoms with Crippen molar-refractivity contribution in [3.8, 4) is 5.75 Å². The lowest BCUT2D eigenvalue weighted by Gasteiger charge is -2.14. The topological polar surface area (TPSA) is 44.5 Å². The summed E-state index contributed by atoms with van der Waals surface area (Å²) in [5, 5.41) is 0.796. The maximum absolute atomic E-state index is 6.07. The van der Waals surface area contributed by atoms with E-state index in [0.29, 0.717) is 13.2 Å². The average Bonchev–Trinajstić information content (AvgIpc) is 2.86. The van der Waals surface area contributed by atoms with E-state index in [-0.39, 0.29) is 12.2 Å². The summed E-state index contributed by atoms with van der Waals surface area (Å²) in [7, 11) is 0. The number of aryl methyl sites for hydroxylation is 1. The molecule has 1 aromatic carbocycles. The van der Waals surface area contributed by atoms with Crippen molar-refractivity contribution in [2.75, 3.05) is 13.2 Å². The molecule has 2 unspecified atom stereocenters. The number of nitrogens with two attached hydrogens (primary N) is 1. The van der Waals surface area contributed by atoms with Crippen LogP contribution in [-0.4, -0.2) is 25.4 Å². The van der Waals surface area contributed by atoms with Gasteiger partial charge in [0.05, 0.1) is 12.2 Å². The zero-order chi connectivity index (χ0) is 13.0.